The van der Waals surface area contributed by atoms with Crippen molar-refractivity contribution in [1.29, 1.82) is 0 Å². The summed E-state index contributed by atoms with van der Waals surface area (Å²) in [5, 5.41) is 8.88. The predicted molar refractivity (Wildman–Crippen MR) is 132 cm³/mol. The monoisotopic (exact) mass is 449 g/mol. The minimum atomic E-state index is -0.0517. The molecule has 32 heavy (non-hydrogen) atoms. The molecule has 1 amide bonds. The van der Waals surface area contributed by atoms with Gasteiger partial charge in [0.1, 0.15) is 0 Å². The maximum absolute atomic E-state index is 12.3. The summed E-state index contributed by atoms with van der Waals surface area (Å²) in [7, 11) is 1.96. The molecular weight excluding hydrogens is 418 g/mol. The number of thiazole rings is 1. The number of likely N-dealkylation sites (tertiary alicyclic amines) is 1. The Kier molecular flexibility index (Phi) is 7.52. The quantitative estimate of drug-likeness (QED) is 0.488. The lowest BCUT2D eigenvalue weighted by atomic mass is 10.1. The van der Waals surface area contributed by atoms with E-state index >= 15 is 0 Å². The van der Waals surface area contributed by atoms with Gasteiger partial charge in [-0.1, -0.05) is 18.2 Å². The molecule has 1 aliphatic rings. The third kappa shape index (κ3) is 6.38. The van der Waals surface area contributed by atoms with Crippen LogP contribution in [0.3, 0.4) is 0 Å². The van der Waals surface area contributed by atoms with Gasteiger partial charge in [0.25, 0.3) is 0 Å². The van der Waals surface area contributed by atoms with Crippen LogP contribution in [0.25, 0.3) is 0 Å². The van der Waals surface area contributed by atoms with Gasteiger partial charge in [-0.2, -0.15) is 0 Å². The lowest BCUT2D eigenvalue weighted by molar-refractivity contribution is -0.117. The topological polar surface area (TPSA) is 60.5 Å². The van der Waals surface area contributed by atoms with E-state index in [2.05, 4.69) is 69.9 Å². The molecule has 7 heteroatoms. The highest BCUT2D eigenvalue weighted by Gasteiger charge is 2.13. The molecule has 4 rings (SSSR count). The highest BCUT2D eigenvalue weighted by molar-refractivity contribution is 7.13. The number of nitrogens with one attached hydrogen (secondary N) is 2. The number of carbonyl (C=O) groups is 1. The third-order valence-electron chi connectivity index (χ3n) is 5.70. The first-order valence-electron chi connectivity index (χ1n) is 11.1. The van der Waals surface area contributed by atoms with Crippen molar-refractivity contribution >= 4 is 33.8 Å². The van der Waals surface area contributed by atoms with E-state index in [9.17, 15) is 4.79 Å². The Morgan fingerprint density at radius 3 is 2.75 bits per heavy atom. The molecule has 2 aromatic carbocycles. The molecule has 6 nitrogen and oxygen atoms in total. The molecule has 168 valence electrons. The lowest BCUT2D eigenvalue weighted by Gasteiger charge is -2.19. The van der Waals surface area contributed by atoms with Crippen molar-refractivity contribution in [2.45, 2.75) is 32.9 Å². The van der Waals surface area contributed by atoms with Crippen LogP contribution in [0.2, 0.25) is 0 Å². The maximum Gasteiger partial charge on any atom is 0.240 e. The van der Waals surface area contributed by atoms with E-state index in [1.165, 1.54) is 54.0 Å². The number of amides is 1. The van der Waals surface area contributed by atoms with Gasteiger partial charge in [0.15, 0.2) is 5.13 Å². The number of nitrogens with zero attached hydrogens (tertiary/aromatic N) is 3. The fourth-order valence-electron chi connectivity index (χ4n) is 4.07. The van der Waals surface area contributed by atoms with Gasteiger partial charge in [-0.3, -0.25) is 14.6 Å². The van der Waals surface area contributed by atoms with Crippen LogP contribution in [0.4, 0.5) is 16.5 Å². The average molecular weight is 450 g/mol. The standard InChI is InChI=1S/C25H31N5OS/c1-19-8-9-23(27-22-7-5-6-20(14-22)16-30-11-3-4-12-30)15-21(19)17-29(2)18-24(31)28-25-26-10-13-32-25/h5-10,13-15,27H,3-4,11-12,16-18H2,1-2H3,(H,26,28,31). The summed E-state index contributed by atoms with van der Waals surface area (Å²) in [4.78, 5) is 20.9. The minimum absolute atomic E-state index is 0.0517. The van der Waals surface area contributed by atoms with Crippen LogP contribution >= 0.6 is 11.3 Å². The summed E-state index contributed by atoms with van der Waals surface area (Å²) in [6.45, 7) is 6.54. The van der Waals surface area contributed by atoms with Gasteiger partial charge >= 0.3 is 0 Å². The van der Waals surface area contributed by atoms with Crippen LogP contribution < -0.4 is 10.6 Å². The molecule has 1 aliphatic heterocycles. The summed E-state index contributed by atoms with van der Waals surface area (Å²) in [5.74, 6) is -0.0517. The van der Waals surface area contributed by atoms with E-state index in [0.29, 0.717) is 18.2 Å². The van der Waals surface area contributed by atoms with Crippen LogP contribution in [0, 0.1) is 6.92 Å². The van der Waals surface area contributed by atoms with Gasteiger partial charge in [-0.15, -0.1) is 11.3 Å². The Hall–Kier alpha value is -2.74. The zero-order chi connectivity index (χ0) is 22.3. The molecule has 0 unspecified atom stereocenters. The van der Waals surface area contributed by atoms with E-state index in [4.69, 9.17) is 0 Å². The fourth-order valence-corrected chi connectivity index (χ4v) is 4.61. The van der Waals surface area contributed by atoms with Gasteiger partial charge in [0.05, 0.1) is 6.54 Å². The smallest absolute Gasteiger partial charge is 0.240 e. The number of aryl methyl sites for hydroxylation is 1. The average Bonchev–Trinajstić information content (AvgIpc) is 3.45. The summed E-state index contributed by atoms with van der Waals surface area (Å²) >= 11 is 1.42. The zero-order valence-electron chi connectivity index (χ0n) is 18.8. The van der Waals surface area contributed by atoms with E-state index in [-0.39, 0.29) is 5.91 Å². The number of hydrogen-bond donors (Lipinski definition) is 2. The Morgan fingerprint density at radius 1 is 1.16 bits per heavy atom. The van der Waals surface area contributed by atoms with E-state index in [0.717, 1.165) is 17.9 Å². The van der Waals surface area contributed by atoms with Crippen molar-refractivity contribution in [2.75, 3.05) is 37.3 Å². The third-order valence-corrected chi connectivity index (χ3v) is 6.39. The van der Waals surface area contributed by atoms with Crippen molar-refractivity contribution in [3.63, 3.8) is 0 Å². The number of aromatic nitrogens is 1. The lowest BCUT2D eigenvalue weighted by Crippen LogP contribution is -2.30. The van der Waals surface area contributed by atoms with E-state index in [1.807, 2.05) is 17.3 Å². The van der Waals surface area contributed by atoms with Crippen LogP contribution in [-0.4, -0.2) is 47.4 Å². The number of anilines is 3. The van der Waals surface area contributed by atoms with Gasteiger partial charge in [-0.05, 0) is 80.9 Å². The van der Waals surface area contributed by atoms with Crippen LogP contribution in [0.15, 0.2) is 54.0 Å². The van der Waals surface area contributed by atoms with Crippen molar-refractivity contribution in [1.82, 2.24) is 14.8 Å². The number of rotatable bonds is 9. The summed E-state index contributed by atoms with van der Waals surface area (Å²) in [6.07, 6.45) is 4.31. The Bertz CT molecular complexity index is 1030. The highest BCUT2D eigenvalue weighted by Crippen LogP contribution is 2.23. The SMILES string of the molecule is Cc1ccc(Nc2cccc(CN3CCCC3)c2)cc1CN(C)CC(=O)Nc1nccs1. The normalized spacial score (nSPS) is 14.1. The number of likely N-dealkylation sites (N-methyl/N-ethyl adjacent to an activating group) is 1. The Labute approximate surface area is 194 Å². The summed E-state index contributed by atoms with van der Waals surface area (Å²) in [5.41, 5.74) is 5.92. The van der Waals surface area contributed by atoms with Crippen LogP contribution in [0.1, 0.15) is 29.5 Å². The molecule has 0 saturated carbocycles. The second kappa shape index (κ2) is 10.7. The molecule has 0 aliphatic carbocycles. The number of carbonyl (C=O) groups excluding carboxylic acids is 1. The molecule has 2 heterocycles. The molecule has 0 spiro atoms. The van der Waals surface area contributed by atoms with Crippen LogP contribution in [0.5, 0.6) is 0 Å². The molecule has 1 fully saturated rings. The highest BCUT2D eigenvalue weighted by atomic mass is 32.1. The number of hydrogen-bond acceptors (Lipinski definition) is 6. The van der Waals surface area contributed by atoms with Gasteiger partial charge in [0, 0.05) is 36.0 Å². The fraction of sp³-hybridized carbons (Fsp3) is 0.360. The second-order valence-corrected chi connectivity index (χ2v) is 9.40. The van der Waals surface area contributed by atoms with Gasteiger partial charge < -0.3 is 10.6 Å². The summed E-state index contributed by atoms with van der Waals surface area (Å²) in [6, 6.07) is 15.1. The first kappa shape index (κ1) is 22.5. The van der Waals surface area contributed by atoms with Gasteiger partial charge in [-0.25, -0.2) is 4.98 Å². The minimum Gasteiger partial charge on any atom is -0.356 e. The molecule has 0 atom stereocenters. The molecule has 1 saturated heterocycles. The molecule has 0 radical (unpaired) electrons. The Balaban J connectivity index is 1.36. The maximum atomic E-state index is 12.3. The van der Waals surface area contributed by atoms with Crippen LogP contribution in [-0.2, 0) is 17.9 Å². The van der Waals surface area contributed by atoms with E-state index in [1.54, 1.807) is 6.20 Å². The van der Waals surface area contributed by atoms with Crippen molar-refractivity contribution < 1.29 is 4.79 Å². The molecule has 3 aromatic rings. The van der Waals surface area contributed by atoms with Crippen molar-refractivity contribution in [2.24, 2.45) is 0 Å². The first-order valence-corrected chi connectivity index (χ1v) is 12.0. The molecule has 0 bridgehead atoms. The molecule has 2 N–H and O–H groups in total. The van der Waals surface area contributed by atoms with E-state index < -0.39 is 0 Å². The second-order valence-electron chi connectivity index (χ2n) is 8.51. The number of benzene rings is 2. The molecule has 1 aromatic heterocycles. The largest absolute Gasteiger partial charge is 0.356 e. The van der Waals surface area contributed by atoms with Gasteiger partial charge in [0.2, 0.25) is 5.91 Å². The Morgan fingerprint density at radius 2 is 1.97 bits per heavy atom. The molecular formula is C25H31N5OS. The zero-order valence-corrected chi connectivity index (χ0v) is 19.6. The van der Waals surface area contributed by atoms with Crippen molar-refractivity contribution in [3.05, 3.63) is 70.7 Å². The van der Waals surface area contributed by atoms with Crippen molar-refractivity contribution in [3.8, 4) is 0 Å². The first-order chi connectivity index (χ1) is 15.5. The predicted octanol–water partition coefficient (Wildman–Crippen LogP) is 4.86. The summed E-state index contributed by atoms with van der Waals surface area (Å²) < 4.78 is 0.